The number of hydrogen-bond acceptors (Lipinski definition) is 8. The summed E-state index contributed by atoms with van der Waals surface area (Å²) in [6, 6.07) is 5.56. The Bertz CT molecular complexity index is 1150. The van der Waals surface area contributed by atoms with Gasteiger partial charge in [0, 0.05) is 43.4 Å². The van der Waals surface area contributed by atoms with Crippen LogP contribution < -0.4 is 19.8 Å². The topological polar surface area (TPSA) is 74.5 Å². The van der Waals surface area contributed by atoms with Crippen molar-refractivity contribution in [2.45, 2.75) is 38.8 Å². The molecule has 1 aliphatic carbocycles. The minimum atomic E-state index is 0.00822. The first-order chi connectivity index (χ1) is 16.1. The molecule has 178 valence electrons. The molecule has 0 radical (unpaired) electrons. The van der Waals surface area contributed by atoms with Crippen molar-refractivity contribution in [2.24, 2.45) is 0 Å². The Kier molecular flexibility index (Phi) is 7.52. The minimum Gasteiger partial charge on any atom is -0.493 e. The maximum Gasteiger partial charge on any atom is 0.259 e. The molecule has 0 fully saturated rings. The van der Waals surface area contributed by atoms with Crippen LogP contribution in [0.2, 0.25) is 0 Å². The minimum absolute atomic E-state index is 0.00822. The molecule has 2 aromatic heterocycles. The van der Waals surface area contributed by atoms with Crippen molar-refractivity contribution < 1.29 is 18.9 Å². The number of hydrogen-bond donors (Lipinski definition) is 0. The Morgan fingerprint density at radius 1 is 1.00 bits per heavy atom. The third kappa shape index (κ3) is 5.00. The fraction of sp³-hybridized carbons (Fsp3) is 0.500. The fourth-order valence-corrected chi connectivity index (χ4v) is 5.60. The Balaban J connectivity index is 1.62. The lowest BCUT2D eigenvalue weighted by molar-refractivity contribution is 0.139. The van der Waals surface area contributed by atoms with Gasteiger partial charge in [-0.05, 0) is 43.4 Å². The molecule has 1 aromatic carbocycles. The normalized spacial score (nSPS) is 13.4. The smallest absolute Gasteiger partial charge is 0.259 e. The first-order valence-electron chi connectivity index (χ1n) is 11.1. The van der Waals surface area contributed by atoms with Gasteiger partial charge in [-0.1, -0.05) is 0 Å². The van der Waals surface area contributed by atoms with Crippen LogP contribution in [0.4, 0.5) is 0 Å². The molecule has 2 heterocycles. The molecule has 0 amide bonds. The van der Waals surface area contributed by atoms with Crippen molar-refractivity contribution in [1.29, 1.82) is 0 Å². The second-order valence-electron chi connectivity index (χ2n) is 8.12. The molecule has 0 aliphatic heterocycles. The van der Waals surface area contributed by atoms with Gasteiger partial charge < -0.3 is 18.9 Å². The quantitative estimate of drug-likeness (QED) is 0.447. The Labute approximate surface area is 197 Å². The maximum absolute atomic E-state index is 13.0. The zero-order valence-corrected chi connectivity index (χ0v) is 20.5. The molecular formula is C24H31N3O5S. The molecule has 0 unspecified atom stereocenters. The number of methoxy groups -OCH3 is 4. The van der Waals surface area contributed by atoms with E-state index in [1.807, 2.05) is 12.1 Å². The molecule has 0 bridgehead atoms. The summed E-state index contributed by atoms with van der Waals surface area (Å²) >= 11 is 1.65. The van der Waals surface area contributed by atoms with Crippen LogP contribution >= 0.6 is 11.3 Å². The van der Waals surface area contributed by atoms with E-state index in [1.54, 1.807) is 50.2 Å². The maximum atomic E-state index is 13.0. The zero-order chi connectivity index (χ0) is 23.4. The van der Waals surface area contributed by atoms with Crippen molar-refractivity contribution in [2.75, 3.05) is 41.6 Å². The molecule has 1 aliphatic rings. The lowest BCUT2D eigenvalue weighted by atomic mass is 10.0. The van der Waals surface area contributed by atoms with Crippen molar-refractivity contribution in [1.82, 2.24) is 14.3 Å². The van der Waals surface area contributed by atoms with Gasteiger partial charge in [0.2, 0.25) is 5.75 Å². The third-order valence-corrected chi connectivity index (χ3v) is 7.09. The largest absolute Gasteiger partial charge is 0.493 e. The molecule has 8 nitrogen and oxygen atoms in total. The number of nitrogens with zero attached hydrogens (tertiary/aromatic N) is 3. The number of rotatable bonds is 10. The van der Waals surface area contributed by atoms with Gasteiger partial charge >= 0.3 is 0 Å². The molecule has 33 heavy (non-hydrogen) atoms. The molecule has 0 saturated carbocycles. The number of aromatic nitrogens is 2. The number of aryl methyl sites for hydroxylation is 2. The Hall–Kier alpha value is -2.62. The highest BCUT2D eigenvalue weighted by Gasteiger charge is 2.20. The van der Waals surface area contributed by atoms with Gasteiger partial charge in [-0.15, -0.1) is 11.3 Å². The zero-order valence-electron chi connectivity index (χ0n) is 19.7. The van der Waals surface area contributed by atoms with Gasteiger partial charge in [0.25, 0.3) is 5.56 Å². The summed E-state index contributed by atoms with van der Waals surface area (Å²) < 4.78 is 23.6. The summed E-state index contributed by atoms with van der Waals surface area (Å²) in [7, 11) is 6.49. The van der Waals surface area contributed by atoms with Crippen molar-refractivity contribution in [3.05, 3.63) is 50.4 Å². The predicted octanol–water partition coefficient (Wildman–Crippen LogP) is 3.31. The molecule has 0 atom stereocenters. The number of benzene rings is 1. The molecular weight excluding hydrogens is 442 g/mol. The van der Waals surface area contributed by atoms with E-state index >= 15 is 0 Å². The van der Waals surface area contributed by atoms with Gasteiger partial charge in [-0.3, -0.25) is 14.1 Å². The second kappa shape index (κ2) is 10.5. The number of thiazole rings is 1. The standard InChI is InChI=1S/C24H31N3O5S/c1-29-10-9-26(14-16-11-19(30-2)23(32-4)20(12-16)31-3)15-17-13-22(28)27-18-7-5-6-8-21(18)33-24(27)25-17/h11-13H,5-10,14-15H2,1-4H3. The average molecular weight is 474 g/mol. The van der Waals surface area contributed by atoms with Crippen LogP contribution in [0, 0.1) is 0 Å². The van der Waals surface area contributed by atoms with Crippen LogP contribution in [0.15, 0.2) is 23.0 Å². The van der Waals surface area contributed by atoms with Crippen molar-refractivity contribution in [3.63, 3.8) is 0 Å². The summed E-state index contributed by atoms with van der Waals surface area (Å²) in [5, 5.41) is 0. The number of fused-ring (bicyclic) bond motifs is 3. The monoisotopic (exact) mass is 473 g/mol. The first-order valence-corrected chi connectivity index (χ1v) is 11.9. The Morgan fingerprint density at radius 3 is 2.39 bits per heavy atom. The van der Waals surface area contributed by atoms with Gasteiger partial charge in [-0.2, -0.15) is 0 Å². The van der Waals surface area contributed by atoms with Crippen LogP contribution in [0.1, 0.15) is 34.7 Å². The summed E-state index contributed by atoms with van der Waals surface area (Å²) in [6.07, 6.45) is 4.31. The molecule has 0 saturated heterocycles. The van der Waals surface area contributed by atoms with E-state index in [0.717, 1.165) is 41.2 Å². The highest BCUT2D eigenvalue weighted by molar-refractivity contribution is 7.17. The van der Waals surface area contributed by atoms with Gasteiger partial charge in [0.05, 0.1) is 33.6 Å². The van der Waals surface area contributed by atoms with Gasteiger partial charge in [0.15, 0.2) is 16.5 Å². The second-order valence-corrected chi connectivity index (χ2v) is 9.18. The highest BCUT2D eigenvalue weighted by atomic mass is 32.1. The first kappa shape index (κ1) is 23.5. The van der Waals surface area contributed by atoms with Gasteiger partial charge in [-0.25, -0.2) is 4.98 Å². The van der Waals surface area contributed by atoms with Crippen molar-refractivity contribution >= 4 is 16.3 Å². The van der Waals surface area contributed by atoms with E-state index in [1.165, 1.54) is 11.3 Å². The summed E-state index contributed by atoms with van der Waals surface area (Å²) in [5.74, 6) is 1.79. The van der Waals surface area contributed by atoms with E-state index in [2.05, 4.69) is 4.90 Å². The molecule has 0 spiro atoms. The van der Waals surface area contributed by atoms with Crippen LogP contribution in [-0.4, -0.2) is 55.9 Å². The van der Waals surface area contributed by atoms with Crippen LogP contribution in [0.3, 0.4) is 0 Å². The lowest BCUT2D eigenvalue weighted by Gasteiger charge is -2.23. The van der Waals surface area contributed by atoms with E-state index in [9.17, 15) is 4.79 Å². The summed E-state index contributed by atoms with van der Waals surface area (Å²) in [6.45, 7) is 2.41. The van der Waals surface area contributed by atoms with E-state index < -0.39 is 0 Å². The summed E-state index contributed by atoms with van der Waals surface area (Å²) in [4.78, 5) is 22.1. The van der Waals surface area contributed by atoms with Crippen LogP contribution in [0.25, 0.3) is 4.96 Å². The lowest BCUT2D eigenvalue weighted by Crippen LogP contribution is -2.28. The third-order valence-electron chi connectivity index (χ3n) is 5.94. The SMILES string of the molecule is COCCN(Cc1cc(OC)c(OC)c(OC)c1)Cc1cc(=O)n2c3c(sc2n1)CCCC3. The predicted molar refractivity (Wildman–Crippen MR) is 128 cm³/mol. The molecule has 9 heteroatoms. The number of ether oxygens (including phenoxy) is 4. The molecule has 0 N–H and O–H groups in total. The fourth-order valence-electron chi connectivity index (χ4n) is 4.37. The average Bonchev–Trinajstić information content (AvgIpc) is 3.20. The van der Waals surface area contributed by atoms with Gasteiger partial charge in [0.1, 0.15) is 0 Å². The van der Waals surface area contributed by atoms with E-state index in [-0.39, 0.29) is 5.56 Å². The van der Waals surface area contributed by atoms with Crippen LogP contribution in [-0.2, 0) is 30.7 Å². The highest BCUT2D eigenvalue weighted by Crippen LogP contribution is 2.38. The van der Waals surface area contributed by atoms with E-state index in [0.29, 0.717) is 43.5 Å². The van der Waals surface area contributed by atoms with Crippen molar-refractivity contribution in [3.8, 4) is 17.2 Å². The van der Waals surface area contributed by atoms with Crippen LogP contribution in [0.5, 0.6) is 17.2 Å². The summed E-state index contributed by atoms with van der Waals surface area (Å²) in [5.41, 5.74) is 2.93. The Morgan fingerprint density at radius 2 is 1.73 bits per heavy atom. The van der Waals surface area contributed by atoms with E-state index in [4.69, 9.17) is 23.9 Å². The molecule has 3 aromatic rings. The molecule has 4 rings (SSSR count).